The maximum atomic E-state index is 10.2. The molecule has 5 aromatic rings. The van der Waals surface area contributed by atoms with Crippen LogP contribution in [0, 0.1) is 0 Å². The van der Waals surface area contributed by atoms with E-state index < -0.39 is 12.1 Å². The zero-order valence-corrected chi connectivity index (χ0v) is 27.9. The Hall–Kier alpha value is -4.13. The van der Waals surface area contributed by atoms with Gasteiger partial charge in [-0.15, -0.1) is 0 Å². The fourth-order valence-corrected chi connectivity index (χ4v) is 3.51. The molecule has 44 heavy (non-hydrogen) atoms. The van der Waals surface area contributed by atoms with Crippen LogP contribution in [0.25, 0.3) is 21.8 Å². The van der Waals surface area contributed by atoms with Crippen LogP contribution in [0.2, 0.25) is 0 Å². The number of esters is 1. The summed E-state index contributed by atoms with van der Waals surface area (Å²) in [5.74, 6) is -0.393. The van der Waals surface area contributed by atoms with Gasteiger partial charge in [-0.25, -0.2) is 0 Å². The maximum absolute atomic E-state index is 10.2. The molecule has 0 amide bonds. The zero-order valence-electron chi connectivity index (χ0n) is 27.9. The largest absolute Gasteiger partial charge is 0.463 e. The van der Waals surface area contributed by atoms with E-state index in [-0.39, 0.29) is 13.2 Å². The van der Waals surface area contributed by atoms with Gasteiger partial charge in [0, 0.05) is 26.4 Å². The molecule has 0 radical (unpaired) electrons. The number of methoxy groups -OCH3 is 1. The van der Waals surface area contributed by atoms with Gasteiger partial charge < -0.3 is 14.6 Å². The topological polar surface area (TPSA) is 81.5 Å². The van der Waals surface area contributed by atoms with Crippen LogP contribution < -0.4 is 0 Å². The van der Waals surface area contributed by atoms with Crippen molar-refractivity contribution in [3.05, 3.63) is 121 Å². The molecule has 1 aromatic heterocycles. The van der Waals surface area contributed by atoms with Crippen LogP contribution in [-0.4, -0.2) is 47.5 Å². The molecule has 0 spiro atoms. The molecule has 0 fully saturated rings. The summed E-state index contributed by atoms with van der Waals surface area (Å²) in [7, 11) is 1.47. The first kappa shape index (κ1) is 39.9. The summed E-state index contributed by atoms with van der Waals surface area (Å²) in [4.78, 5) is 18.4. The molecule has 1 N–H and O–H groups in total. The summed E-state index contributed by atoms with van der Waals surface area (Å²) in [5, 5.41) is 11.5. The molecular weight excluding hydrogens is 548 g/mol. The van der Waals surface area contributed by atoms with Crippen molar-refractivity contribution in [1.29, 1.82) is 0 Å². The Morgan fingerprint density at radius 3 is 1.34 bits per heavy atom. The second kappa shape index (κ2) is 26.5. The van der Waals surface area contributed by atoms with Gasteiger partial charge >= 0.3 is 5.97 Å². The molecule has 4 aromatic carbocycles. The third kappa shape index (κ3) is 17.7. The Kier molecular flexibility index (Phi) is 24.0. The van der Waals surface area contributed by atoms with E-state index >= 15 is 0 Å². The molecule has 0 aliphatic rings. The van der Waals surface area contributed by atoms with Crippen LogP contribution in [0.3, 0.4) is 0 Å². The Labute approximate surface area is 265 Å². The highest BCUT2D eigenvalue weighted by Crippen LogP contribution is 2.11. The van der Waals surface area contributed by atoms with Gasteiger partial charge in [0.2, 0.25) is 0 Å². The molecule has 5 rings (SSSR count). The summed E-state index contributed by atoms with van der Waals surface area (Å²) in [6, 6.07) is 33.3. The molecule has 6 heteroatoms. The predicted octanol–water partition coefficient (Wildman–Crippen LogP) is 8.89. The van der Waals surface area contributed by atoms with E-state index in [1.54, 1.807) is 12.4 Å². The number of aliphatic hydroxyl groups is 1. The van der Waals surface area contributed by atoms with E-state index in [1.165, 1.54) is 35.9 Å². The van der Waals surface area contributed by atoms with Gasteiger partial charge in [-0.1, -0.05) is 126 Å². The third-order valence-electron chi connectivity index (χ3n) is 5.71. The molecule has 6 nitrogen and oxygen atoms in total. The number of benzene rings is 4. The van der Waals surface area contributed by atoms with Crippen LogP contribution in [0.15, 0.2) is 109 Å². The van der Waals surface area contributed by atoms with Crippen molar-refractivity contribution < 1.29 is 19.4 Å². The van der Waals surface area contributed by atoms with Crippen molar-refractivity contribution in [1.82, 2.24) is 9.97 Å². The van der Waals surface area contributed by atoms with Gasteiger partial charge in [0.25, 0.3) is 0 Å². The van der Waals surface area contributed by atoms with Crippen LogP contribution in [0.4, 0.5) is 0 Å². The van der Waals surface area contributed by atoms with Crippen molar-refractivity contribution in [2.24, 2.45) is 0 Å². The van der Waals surface area contributed by atoms with Crippen molar-refractivity contribution >= 4 is 27.8 Å². The molecule has 0 aliphatic carbocycles. The van der Waals surface area contributed by atoms with Gasteiger partial charge in [-0.2, -0.15) is 0 Å². The zero-order chi connectivity index (χ0) is 33.0. The lowest BCUT2D eigenvalue weighted by molar-refractivity contribution is -0.144. The number of para-hydroxylation sites is 2. The Morgan fingerprint density at radius 2 is 1.02 bits per heavy atom. The number of hydrogen-bond acceptors (Lipinski definition) is 6. The normalized spacial score (nSPS) is 9.93. The average molecular weight is 601 g/mol. The predicted molar refractivity (Wildman–Crippen MR) is 186 cm³/mol. The van der Waals surface area contributed by atoms with E-state index in [1.807, 2.05) is 52.0 Å². The molecule has 1 unspecified atom stereocenters. The SMILES string of the molecule is CC.CC.CCc1ccc(CC)cc1.COCC(O)COC(C)=O.c1ccc2ccccc2c1.c1ccc2nccnc2c1. The van der Waals surface area contributed by atoms with Gasteiger partial charge in [-0.05, 0) is 46.9 Å². The number of hydrogen-bond donors (Lipinski definition) is 1. The number of aryl methyl sites for hydroxylation is 2. The smallest absolute Gasteiger partial charge is 0.302 e. The maximum Gasteiger partial charge on any atom is 0.302 e. The highest BCUT2D eigenvalue weighted by molar-refractivity contribution is 5.82. The summed E-state index contributed by atoms with van der Waals surface area (Å²) in [5.41, 5.74) is 4.75. The first-order chi connectivity index (χ1) is 21.5. The van der Waals surface area contributed by atoms with Crippen LogP contribution in [-0.2, 0) is 27.1 Å². The molecule has 0 bridgehead atoms. The fourth-order valence-electron chi connectivity index (χ4n) is 3.51. The minimum absolute atomic E-state index is 0.00315. The van der Waals surface area contributed by atoms with E-state index in [2.05, 4.69) is 106 Å². The summed E-state index contributed by atoms with van der Waals surface area (Å²) in [6.07, 6.45) is 4.97. The van der Waals surface area contributed by atoms with Crippen LogP contribution >= 0.6 is 0 Å². The van der Waals surface area contributed by atoms with E-state index in [0.717, 1.165) is 23.9 Å². The van der Waals surface area contributed by atoms with Crippen molar-refractivity contribution in [2.75, 3.05) is 20.3 Å². The second-order valence-corrected chi connectivity index (χ2v) is 8.83. The number of carbonyl (C=O) groups excluding carboxylic acids is 1. The summed E-state index contributed by atoms with van der Waals surface area (Å²) >= 11 is 0. The van der Waals surface area contributed by atoms with Gasteiger partial charge in [0.1, 0.15) is 12.7 Å². The molecule has 238 valence electrons. The first-order valence-corrected chi connectivity index (χ1v) is 15.4. The fraction of sp³-hybridized carbons (Fsp3) is 0.342. The monoisotopic (exact) mass is 600 g/mol. The first-order valence-electron chi connectivity index (χ1n) is 15.4. The minimum Gasteiger partial charge on any atom is -0.463 e. The van der Waals surface area contributed by atoms with Crippen molar-refractivity contribution in [2.45, 2.75) is 67.4 Å². The third-order valence-corrected chi connectivity index (χ3v) is 5.71. The van der Waals surface area contributed by atoms with E-state index in [4.69, 9.17) is 5.11 Å². The highest BCUT2D eigenvalue weighted by atomic mass is 16.5. The number of nitrogens with zero attached hydrogens (tertiary/aromatic N) is 2. The molecule has 0 saturated heterocycles. The van der Waals surface area contributed by atoms with Crippen LogP contribution in [0.5, 0.6) is 0 Å². The number of rotatable bonds is 6. The second-order valence-electron chi connectivity index (χ2n) is 8.83. The van der Waals surface area contributed by atoms with Crippen LogP contribution in [0.1, 0.15) is 59.6 Å². The van der Waals surface area contributed by atoms with Crippen molar-refractivity contribution in [3.8, 4) is 0 Å². The standard InChI is InChI=1S/C10H8.C10H14.C8H6N2.C6H12O4.2C2H6/c1-2-6-10-8-4-3-7-9(10)5-1;1-3-9-5-7-10(4-2)8-6-9;1-2-4-8-7(3-1)9-5-6-10-8;1-5(7)10-4-6(8)3-9-2;2*1-2/h1-8H;5-8H,3-4H2,1-2H3;1-6H;6,8H,3-4H2,1-2H3;2*1-2H3. The van der Waals surface area contributed by atoms with Gasteiger partial charge in [0.15, 0.2) is 0 Å². The number of fused-ring (bicyclic) bond motifs is 2. The Morgan fingerprint density at radius 1 is 0.659 bits per heavy atom. The molecule has 1 heterocycles. The minimum atomic E-state index is -0.714. The summed E-state index contributed by atoms with van der Waals surface area (Å²) < 4.78 is 9.08. The Bertz CT molecular complexity index is 1170. The van der Waals surface area contributed by atoms with Crippen molar-refractivity contribution in [3.63, 3.8) is 0 Å². The number of aliphatic hydroxyl groups excluding tert-OH is 1. The average Bonchev–Trinajstić information content (AvgIpc) is 3.10. The van der Waals surface area contributed by atoms with E-state index in [0.29, 0.717) is 0 Å². The molecular formula is C38H52N2O4. The number of aromatic nitrogens is 2. The Balaban J connectivity index is 0.000000539. The number of ether oxygens (including phenoxy) is 2. The lowest BCUT2D eigenvalue weighted by atomic mass is 10.1. The molecule has 1 atom stereocenters. The quantitative estimate of drug-likeness (QED) is 0.196. The lowest BCUT2D eigenvalue weighted by Gasteiger charge is -2.07. The summed E-state index contributed by atoms with van der Waals surface area (Å²) in [6.45, 7) is 13.8. The van der Waals surface area contributed by atoms with Gasteiger partial charge in [0.05, 0.1) is 17.6 Å². The van der Waals surface area contributed by atoms with E-state index in [9.17, 15) is 4.79 Å². The van der Waals surface area contributed by atoms with Gasteiger partial charge in [-0.3, -0.25) is 14.8 Å². The molecule has 0 saturated carbocycles. The number of carbonyl (C=O) groups is 1. The lowest BCUT2D eigenvalue weighted by Crippen LogP contribution is -2.22. The highest BCUT2D eigenvalue weighted by Gasteiger charge is 2.04. The molecule has 0 aliphatic heterocycles.